The number of hydrogen-bond acceptors (Lipinski definition) is 2. The van der Waals surface area contributed by atoms with E-state index in [4.69, 9.17) is 4.74 Å². The Hall–Kier alpha value is -0.370. The third-order valence-electron chi connectivity index (χ3n) is 1.93. The molecule has 0 fully saturated rings. The van der Waals surface area contributed by atoms with Gasteiger partial charge in [-0.1, -0.05) is 26.7 Å². The van der Waals surface area contributed by atoms with Crippen LogP contribution in [0.25, 0.3) is 0 Å². The Morgan fingerprint density at radius 1 is 1.33 bits per heavy atom. The lowest BCUT2D eigenvalue weighted by Crippen LogP contribution is -2.30. The molecule has 0 aliphatic rings. The van der Waals surface area contributed by atoms with Gasteiger partial charge in [0.15, 0.2) is 6.29 Å². The first-order valence-electron chi connectivity index (χ1n) is 4.78. The van der Waals surface area contributed by atoms with E-state index in [0.717, 1.165) is 32.0 Å². The van der Waals surface area contributed by atoms with Gasteiger partial charge in [-0.15, -0.1) is 0 Å². The third kappa shape index (κ3) is 4.50. The minimum Gasteiger partial charge on any atom is -0.368 e. The number of carbonyl (C=O) groups excluding carboxylic acids is 1. The van der Waals surface area contributed by atoms with Crippen LogP contribution in [0.1, 0.15) is 46.5 Å². The molecule has 0 N–H and O–H groups in total. The summed E-state index contributed by atoms with van der Waals surface area (Å²) in [6, 6.07) is 0. The lowest BCUT2D eigenvalue weighted by atomic mass is 10.0. The molecule has 0 aliphatic heterocycles. The first kappa shape index (κ1) is 11.6. The summed E-state index contributed by atoms with van der Waals surface area (Å²) in [4.78, 5) is 10.7. The molecule has 0 spiro atoms. The summed E-state index contributed by atoms with van der Waals surface area (Å²) in [5.41, 5.74) is -0.538. The van der Waals surface area contributed by atoms with E-state index >= 15 is 0 Å². The lowest BCUT2D eigenvalue weighted by molar-refractivity contribution is -0.130. The zero-order valence-electron chi connectivity index (χ0n) is 8.43. The van der Waals surface area contributed by atoms with Crippen LogP contribution in [0.3, 0.4) is 0 Å². The van der Waals surface area contributed by atoms with Gasteiger partial charge >= 0.3 is 0 Å². The molecule has 0 bridgehead atoms. The average Bonchev–Trinajstić information content (AvgIpc) is 2.06. The highest BCUT2D eigenvalue weighted by molar-refractivity contribution is 5.61. The molecule has 2 nitrogen and oxygen atoms in total. The highest BCUT2D eigenvalue weighted by atomic mass is 16.5. The van der Waals surface area contributed by atoms with Crippen LogP contribution in [-0.2, 0) is 9.53 Å². The predicted molar refractivity (Wildman–Crippen MR) is 50.2 cm³/mol. The van der Waals surface area contributed by atoms with E-state index in [-0.39, 0.29) is 0 Å². The van der Waals surface area contributed by atoms with Gasteiger partial charge in [-0.3, -0.25) is 0 Å². The highest BCUT2D eigenvalue weighted by Gasteiger charge is 2.22. The van der Waals surface area contributed by atoms with Gasteiger partial charge in [0.2, 0.25) is 0 Å². The molecule has 0 aromatic rings. The number of aldehydes is 1. The number of carbonyl (C=O) groups is 1. The van der Waals surface area contributed by atoms with Crippen molar-refractivity contribution in [3.63, 3.8) is 0 Å². The molecular weight excluding hydrogens is 152 g/mol. The maximum atomic E-state index is 10.7. The van der Waals surface area contributed by atoms with E-state index in [2.05, 4.69) is 13.8 Å². The maximum absolute atomic E-state index is 10.7. The smallest absolute Gasteiger partial charge is 0.151 e. The molecule has 0 rings (SSSR count). The van der Waals surface area contributed by atoms with Crippen LogP contribution in [0.4, 0.5) is 0 Å². The first-order valence-corrected chi connectivity index (χ1v) is 4.78. The van der Waals surface area contributed by atoms with E-state index in [9.17, 15) is 4.79 Å². The van der Waals surface area contributed by atoms with E-state index in [1.54, 1.807) is 0 Å². The molecule has 2 heteroatoms. The molecule has 0 aromatic heterocycles. The van der Waals surface area contributed by atoms with Crippen molar-refractivity contribution in [2.45, 2.75) is 52.1 Å². The van der Waals surface area contributed by atoms with Crippen LogP contribution in [0.15, 0.2) is 0 Å². The van der Waals surface area contributed by atoms with Crippen molar-refractivity contribution in [3.05, 3.63) is 0 Å². The Bertz CT molecular complexity index is 123. The number of hydrogen-bond donors (Lipinski definition) is 0. The Balaban J connectivity index is 3.71. The highest BCUT2D eigenvalue weighted by Crippen LogP contribution is 2.14. The number of rotatable bonds is 7. The molecule has 0 amide bonds. The normalized spacial score (nSPS) is 15.6. The van der Waals surface area contributed by atoms with Crippen molar-refractivity contribution in [3.8, 4) is 0 Å². The predicted octanol–water partition coefficient (Wildman–Crippen LogP) is 2.56. The standard InChI is InChI=1S/C10H20O2/c1-4-6-8-12-10(3,9-11)7-5-2/h9H,4-8H2,1-3H3. The molecular formula is C10H20O2. The van der Waals surface area contributed by atoms with Crippen molar-refractivity contribution < 1.29 is 9.53 Å². The third-order valence-corrected chi connectivity index (χ3v) is 1.93. The van der Waals surface area contributed by atoms with E-state index in [0.29, 0.717) is 6.61 Å². The van der Waals surface area contributed by atoms with E-state index in [1.807, 2.05) is 6.92 Å². The molecule has 0 heterocycles. The Morgan fingerprint density at radius 2 is 2.00 bits per heavy atom. The minimum absolute atomic E-state index is 0.538. The minimum atomic E-state index is -0.538. The summed E-state index contributed by atoms with van der Waals surface area (Å²) in [6.45, 7) is 6.73. The summed E-state index contributed by atoms with van der Waals surface area (Å²) < 4.78 is 5.49. The number of ether oxygens (including phenoxy) is 1. The van der Waals surface area contributed by atoms with Crippen LogP contribution < -0.4 is 0 Å². The number of unbranched alkanes of at least 4 members (excludes halogenated alkanes) is 1. The second-order valence-corrected chi connectivity index (χ2v) is 3.38. The summed E-state index contributed by atoms with van der Waals surface area (Å²) in [5, 5.41) is 0. The monoisotopic (exact) mass is 172 g/mol. The summed E-state index contributed by atoms with van der Waals surface area (Å²) in [6.07, 6.45) is 4.88. The summed E-state index contributed by atoms with van der Waals surface area (Å²) in [5.74, 6) is 0. The Kier molecular flexibility index (Phi) is 5.99. The molecule has 0 radical (unpaired) electrons. The molecule has 72 valence electrons. The molecule has 1 unspecified atom stereocenters. The lowest BCUT2D eigenvalue weighted by Gasteiger charge is -2.22. The van der Waals surface area contributed by atoms with E-state index < -0.39 is 5.60 Å². The van der Waals surface area contributed by atoms with Crippen LogP contribution in [-0.4, -0.2) is 18.5 Å². The fraction of sp³-hybridized carbons (Fsp3) is 0.900. The SMILES string of the molecule is CCCCOC(C)(C=O)CCC. The van der Waals surface area contributed by atoms with Crippen LogP contribution in [0, 0.1) is 0 Å². The van der Waals surface area contributed by atoms with Crippen molar-refractivity contribution in [1.29, 1.82) is 0 Å². The molecule has 12 heavy (non-hydrogen) atoms. The fourth-order valence-corrected chi connectivity index (χ4v) is 1.11. The Labute approximate surface area is 75.3 Å². The average molecular weight is 172 g/mol. The zero-order valence-corrected chi connectivity index (χ0v) is 8.43. The van der Waals surface area contributed by atoms with Gasteiger partial charge in [0.05, 0.1) is 0 Å². The zero-order chi connectivity index (χ0) is 9.45. The van der Waals surface area contributed by atoms with Gasteiger partial charge in [0.1, 0.15) is 5.60 Å². The van der Waals surface area contributed by atoms with Crippen molar-refractivity contribution >= 4 is 6.29 Å². The van der Waals surface area contributed by atoms with Crippen molar-refractivity contribution in [1.82, 2.24) is 0 Å². The fourth-order valence-electron chi connectivity index (χ4n) is 1.11. The molecule has 1 atom stereocenters. The maximum Gasteiger partial charge on any atom is 0.151 e. The van der Waals surface area contributed by atoms with Crippen molar-refractivity contribution in [2.24, 2.45) is 0 Å². The molecule has 0 aliphatic carbocycles. The van der Waals surface area contributed by atoms with Gasteiger partial charge in [0, 0.05) is 6.61 Å². The van der Waals surface area contributed by atoms with Gasteiger partial charge < -0.3 is 9.53 Å². The van der Waals surface area contributed by atoms with Gasteiger partial charge in [-0.25, -0.2) is 0 Å². The first-order chi connectivity index (χ1) is 5.68. The largest absolute Gasteiger partial charge is 0.368 e. The topological polar surface area (TPSA) is 26.3 Å². The second kappa shape index (κ2) is 6.18. The quantitative estimate of drug-likeness (QED) is 0.436. The molecule has 0 saturated carbocycles. The van der Waals surface area contributed by atoms with Crippen LogP contribution >= 0.6 is 0 Å². The Morgan fingerprint density at radius 3 is 2.42 bits per heavy atom. The van der Waals surface area contributed by atoms with Crippen LogP contribution in [0.2, 0.25) is 0 Å². The summed E-state index contributed by atoms with van der Waals surface area (Å²) in [7, 11) is 0. The second-order valence-electron chi connectivity index (χ2n) is 3.38. The summed E-state index contributed by atoms with van der Waals surface area (Å²) >= 11 is 0. The van der Waals surface area contributed by atoms with Gasteiger partial charge in [-0.05, 0) is 19.8 Å². The molecule has 0 aromatic carbocycles. The van der Waals surface area contributed by atoms with Crippen molar-refractivity contribution in [2.75, 3.05) is 6.61 Å². The van der Waals surface area contributed by atoms with Crippen LogP contribution in [0.5, 0.6) is 0 Å². The van der Waals surface area contributed by atoms with E-state index in [1.165, 1.54) is 0 Å². The van der Waals surface area contributed by atoms with Gasteiger partial charge in [0.25, 0.3) is 0 Å². The molecule has 0 saturated heterocycles. The van der Waals surface area contributed by atoms with Gasteiger partial charge in [-0.2, -0.15) is 0 Å².